The van der Waals surface area contributed by atoms with Crippen LogP contribution < -0.4 is 10.2 Å². The first-order valence-electron chi connectivity index (χ1n) is 7.02. The third kappa shape index (κ3) is 4.93. The molecule has 0 heterocycles. The van der Waals surface area contributed by atoms with E-state index in [1.165, 1.54) is 0 Å². The third-order valence-corrected chi connectivity index (χ3v) is 3.56. The standard InChI is InChI=1S/C17H18Cl2N2O/c1-12(2)22-14-6-3-5-13(9-14)10-20-21-11-15-16(18)7-4-8-17(15)19/h3-10,12,21H,11H2,1-2H3/b20-10+. The van der Waals surface area contributed by atoms with Crippen LogP contribution in [-0.4, -0.2) is 12.3 Å². The van der Waals surface area contributed by atoms with Crippen LogP contribution in [0.4, 0.5) is 0 Å². The fraction of sp³-hybridized carbons (Fsp3) is 0.235. The Morgan fingerprint density at radius 2 is 1.82 bits per heavy atom. The van der Waals surface area contributed by atoms with Crippen LogP contribution in [0.1, 0.15) is 25.0 Å². The molecule has 0 spiro atoms. The molecular formula is C17H18Cl2N2O. The Labute approximate surface area is 140 Å². The van der Waals surface area contributed by atoms with E-state index in [2.05, 4.69) is 10.5 Å². The number of nitrogens with one attached hydrogen (secondary N) is 1. The molecule has 0 atom stereocenters. The van der Waals surface area contributed by atoms with Gasteiger partial charge in [0.15, 0.2) is 0 Å². The zero-order valence-electron chi connectivity index (χ0n) is 12.5. The first kappa shape index (κ1) is 16.7. The van der Waals surface area contributed by atoms with Crippen molar-refractivity contribution in [2.75, 3.05) is 0 Å². The fourth-order valence-electron chi connectivity index (χ4n) is 1.89. The van der Waals surface area contributed by atoms with E-state index in [4.69, 9.17) is 27.9 Å². The first-order valence-corrected chi connectivity index (χ1v) is 7.77. The molecule has 0 radical (unpaired) electrons. The summed E-state index contributed by atoms with van der Waals surface area (Å²) in [7, 11) is 0. The zero-order valence-corrected chi connectivity index (χ0v) is 14.0. The molecule has 0 aromatic heterocycles. The maximum atomic E-state index is 6.10. The molecule has 0 amide bonds. The highest BCUT2D eigenvalue weighted by Crippen LogP contribution is 2.23. The van der Waals surface area contributed by atoms with Crippen molar-refractivity contribution >= 4 is 29.4 Å². The second-order valence-corrected chi connectivity index (χ2v) is 5.85. The lowest BCUT2D eigenvalue weighted by molar-refractivity contribution is 0.242. The molecule has 0 aliphatic carbocycles. The van der Waals surface area contributed by atoms with Gasteiger partial charge in [-0.1, -0.05) is 41.4 Å². The average molecular weight is 337 g/mol. The van der Waals surface area contributed by atoms with Crippen molar-refractivity contribution in [2.45, 2.75) is 26.5 Å². The molecule has 3 nitrogen and oxygen atoms in total. The average Bonchev–Trinajstić information content (AvgIpc) is 2.45. The highest BCUT2D eigenvalue weighted by molar-refractivity contribution is 6.35. The van der Waals surface area contributed by atoms with Crippen molar-refractivity contribution < 1.29 is 4.74 Å². The summed E-state index contributed by atoms with van der Waals surface area (Å²) in [4.78, 5) is 0. The number of halogens is 2. The van der Waals surface area contributed by atoms with E-state index < -0.39 is 0 Å². The molecule has 0 aliphatic heterocycles. The zero-order chi connectivity index (χ0) is 15.9. The SMILES string of the molecule is CC(C)Oc1cccc(/C=N/NCc2c(Cl)cccc2Cl)c1. The normalized spacial score (nSPS) is 11.1. The Kier molecular flexibility index (Phi) is 6.10. The van der Waals surface area contributed by atoms with Gasteiger partial charge in [-0.2, -0.15) is 5.10 Å². The summed E-state index contributed by atoms with van der Waals surface area (Å²) in [6.45, 7) is 4.46. The summed E-state index contributed by atoms with van der Waals surface area (Å²) in [5, 5.41) is 5.45. The summed E-state index contributed by atoms with van der Waals surface area (Å²) in [6.07, 6.45) is 1.88. The van der Waals surface area contributed by atoms with E-state index >= 15 is 0 Å². The molecule has 0 bridgehead atoms. The molecule has 116 valence electrons. The van der Waals surface area contributed by atoms with E-state index in [0.29, 0.717) is 16.6 Å². The highest BCUT2D eigenvalue weighted by Gasteiger charge is 2.03. The minimum absolute atomic E-state index is 0.146. The lowest BCUT2D eigenvalue weighted by atomic mass is 10.2. The van der Waals surface area contributed by atoms with Crippen molar-refractivity contribution in [3.8, 4) is 5.75 Å². The highest BCUT2D eigenvalue weighted by atomic mass is 35.5. The molecule has 2 aromatic carbocycles. The number of hydrogen-bond acceptors (Lipinski definition) is 3. The largest absolute Gasteiger partial charge is 0.491 e. The number of rotatable bonds is 6. The van der Waals surface area contributed by atoms with Crippen LogP contribution in [0.15, 0.2) is 47.6 Å². The van der Waals surface area contributed by atoms with Crippen LogP contribution in [0.25, 0.3) is 0 Å². The molecule has 0 saturated carbocycles. The van der Waals surface area contributed by atoms with Gasteiger partial charge in [0, 0.05) is 15.6 Å². The Hall–Kier alpha value is -1.71. The lowest BCUT2D eigenvalue weighted by Gasteiger charge is -2.09. The molecule has 1 N–H and O–H groups in total. The van der Waals surface area contributed by atoms with Crippen molar-refractivity contribution in [1.82, 2.24) is 5.43 Å². The van der Waals surface area contributed by atoms with Gasteiger partial charge in [0.25, 0.3) is 0 Å². The quantitative estimate of drug-likeness (QED) is 0.601. The Balaban J connectivity index is 1.95. The summed E-state index contributed by atoms with van der Waals surface area (Å²) >= 11 is 12.2. The van der Waals surface area contributed by atoms with Gasteiger partial charge >= 0.3 is 0 Å². The minimum atomic E-state index is 0.146. The number of hydrogen-bond donors (Lipinski definition) is 1. The Morgan fingerprint density at radius 3 is 2.50 bits per heavy atom. The molecule has 0 saturated heterocycles. The van der Waals surface area contributed by atoms with Gasteiger partial charge in [-0.15, -0.1) is 0 Å². The smallest absolute Gasteiger partial charge is 0.120 e. The summed E-state index contributed by atoms with van der Waals surface area (Å²) in [5.41, 5.74) is 4.74. The van der Waals surface area contributed by atoms with Gasteiger partial charge in [-0.05, 0) is 43.7 Å². The van der Waals surface area contributed by atoms with Crippen LogP contribution >= 0.6 is 23.2 Å². The van der Waals surface area contributed by atoms with Crippen molar-refractivity contribution in [3.63, 3.8) is 0 Å². The maximum Gasteiger partial charge on any atom is 0.120 e. The molecule has 2 aromatic rings. The van der Waals surface area contributed by atoms with Gasteiger partial charge in [0.1, 0.15) is 5.75 Å². The van der Waals surface area contributed by atoms with Crippen LogP contribution in [0.2, 0.25) is 10.0 Å². The van der Waals surface area contributed by atoms with E-state index in [-0.39, 0.29) is 6.10 Å². The summed E-state index contributed by atoms with van der Waals surface area (Å²) in [5.74, 6) is 0.827. The second kappa shape index (κ2) is 8.06. The van der Waals surface area contributed by atoms with Crippen LogP contribution in [0.5, 0.6) is 5.75 Å². The van der Waals surface area contributed by atoms with Crippen LogP contribution in [0, 0.1) is 0 Å². The van der Waals surface area contributed by atoms with Gasteiger partial charge in [0.2, 0.25) is 0 Å². The number of ether oxygens (including phenoxy) is 1. The van der Waals surface area contributed by atoms with Crippen molar-refractivity contribution in [3.05, 3.63) is 63.6 Å². The fourth-order valence-corrected chi connectivity index (χ4v) is 2.42. The molecule has 2 rings (SSSR count). The molecule has 0 aliphatic rings. The Bertz CT molecular complexity index is 637. The number of nitrogens with zero attached hydrogens (tertiary/aromatic N) is 1. The van der Waals surface area contributed by atoms with Gasteiger partial charge in [-0.25, -0.2) is 0 Å². The van der Waals surface area contributed by atoms with Crippen LogP contribution in [-0.2, 0) is 6.54 Å². The van der Waals surface area contributed by atoms with E-state index in [0.717, 1.165) is 16.9 Å². The summed E-state index contributed by atoms with van der Waals surface area (Å²) < 4.78 is 5.64. The lowest BCUT2D eigenvalue weighted by Crippen LogP contribution is -2.07. The summed E-state index contributed by atoms with van der Waals surface area (Å²) in [6, 6.07) is 13.2. The van der Waals surface area contributed by atoms with Crippen molar-refractivity contribution in [1.29, 1.82) is 0 Å². The molecular weight excluding hydrogens is 319 g/mol. The predicted octanol–water partition coefficient (Wildman–Crippen LogP) is 4.90. The van der Waals surface area contributed by atoms with Gasteiger partial charge in [-0.3, -0.25) is 0 Å². The van der Waals surface area contributed by atoms with Crippen molar-refractivity contribution in [2.24, 2.45) is 5.10 Å². The van der Waals surface area contributed by atoms with E-state index in [1.807, 2.05) is 44.2 Å². The Morgan fingerprint density at radius 1 is 1.14 bits per heavy atom. The van der Waals surface area contributed by atoms with E-state index in [9.17, 15) is 0 Å². The molecule has 0 unspecified atom stereocenters. The second-order valence-electron chi connectivity index (χ2n) is 5.03. The third-order valence-electron chi connectivity index (χ3n) is 2.85. The molecule has 22 heavy (non-hydrogen) atoms. The molecule has 5 heteroatoms. The first-order chi connectivity index (χ1) is 10.6. The van der Waals surface area contributed by atoms with Gasteiger partial charge < -0.3 is 10.2 Å². The van der Waals surface area contributed by atoms with Gasteiger partial charge in [0.05, 0.1) is 18.9 Å². The van der Waals surface area contributed by atoms with Crippen LogP contribution in [0.3, 0.4) is 0 Å². The van der Waals surface area contributed by atoms with E-state index in [1.54, 1.807) is 18.3 Å². The topological polar surface area (TPSA) is 33.6 Å². The molecule has 0 fully saturated rings. The minimum Gasteiger partial charge on any atom is -0.491 e. The monoisotopic (exact) mass is 336 g/mol. The number of hydrazone groups is 1. The predicted molar refractivity (Wildman–Crippen MR) is 93.1 cm³/mol. The number of benzene rings is 2. The maximum absolute atomic E-state index is 6.10.